The van der Waals surface area contributed by atoms with Crippen LogP contribution in [-0.2, 0) is 21.4 Å². The van der Waals surface area contributed by atoms with E-state index in [1.807, 2.05) is 19.1 Å². The molecule has 0 aliphatic carbocycles. The third-order valence-electron chi connectivity index (χ3n) is 6.17. The first kappa shape index (κ1) is 22.0. The number of furan rings is 1. The van der Waals surface area contributed by atoms with E-state index >= 15 is 0 Å². The Morgan fingerprint density at radius 2 is 2.03 bits per heavy atom. The Balaban J connectivity index is 1.39. The average molecular weight is 447 g/mol. The fourth-order valence-corrected chi connectivity index (χ4v) is 5.55. The molecule has 2 fully saturated rings. The first-order valence-corrected chi connectivity index (χ1v) is 12.2. The number of rotatable bonds is 6. The van der Waals surface area contributed by atoms with E-state index in [1.54, 1.807) is 6.07 Å². The lowest BCUT2D eigenvalue weighted by Crippen LogP contribution is -2.45. The summed E-state index contributed by atoms with van der Waals surface area (Å²) in [5.41, 5.74) is 9.52. The quantitative estimate of drug-likeness (QED) is 0.628. The molecular formula is C22H30N4O4S. The van der Waals surface area contributed by atoms with Crippen LogP contribution in [0.1, 0.15) is 47.8 Å². The molecule has 1 aromatic carbocycles. The van der Waals surface area contributed by atoms with Gasteiger partial charge in [-0.3, -0.25) is 10.2 Å². The number of carbonyl (C=O) groups is 1. The lowest BCUT2D eigenvalue weighted by molar-refractivity contribution is -0.126. The van der Waals surface area contributed by atoms with E-state index < -0.39 is 10.0 Å². The van der Waals surface area contributed by atoms with E-state index in [4.69, 9.17) is 4.42 Å². The summed E-state index contributed by atoms with van der Waals surface area (Å²) < 4.78 is 33.2. The zero-order valence-corrected chi connectivity index (χ0v) is 18.8. The van der Waals surface area contributed by atoms with Gasteiger partial charge in [0.15, 0.2) is 0 Å². The van der Waals surface area contributed by atoms with E-state index in [2.05, 4.69) is 29.2 Å². The van der Waals surface area contributed by atoms with Gasteiger partial charge in [0.25, 0.3) is 10.0 Å². The van der Waals surface area contributed by atoms with E-state index in [0.29, 0.717) is 31.7 Å². The molecule has 2 saturated heterocycles. The van der Waals surface area contributed by atoms with Gasteiger partial charge in [0.05, 0.1) is 12.0 Å². The molecule has 2 aliphatic rings. The van der Waals surface area contributed by atoms with Crippen molar-refractivity contribution in [2.75, 3.05) is 19.6 Å². The van der Waals surface area contributed by atoms with Gasteiger partial charge in [-0.15, -0.1) is 0 Å². The number of nitrogens with zero attached hydrogens (tertiary/aromatic N) is 1. The van der Waals surface area contributed by atoms with E-state index in [1.165, 1.54) is 21.5 Å². The molecule has 31 heavy (non-hydrogen) atoms. The lowest BCUT2D eigenvalue weighted by Gasteiger charge is -2.30. The highest BCUT2D eigenvalue weighted by Gasteiger charge is 2.35. The molecule has 0 saturated carbocycles. The highest BCUT2D eigenvalue weighted by atomic mass is 32.2. The van der Waals surface area contributed by atoms with Crippen LogP contribution < -0.4 is 16.2 Å². The Labute approximate surface area is 183 Å². The van der Waals surface area contributed by atoms with Crippen LogP contribution in [0.25, 0.3) is 0 Å². The van der Waals surface area contributed by atoms with Crippen molar-refractivity contribution in [2.24, 2.45) is 5.92 Å². The van der Waals surface area contributed by atoms with Crippen LogP contribution in [0.4, 0.5) is 0 Å². The first-order valence-electron chi connectivity index (χ1n) is 10.8. The minimum atomic E-state index is -3.78. The zero-order valence-electron chi connectivity index (χ0n) is 18.0. The second-order valence-corrected chi connectivity index (χ2v) is 10.3. The van der Waals surface area contributed by atoms with Gasteiger partial charge < -0.3 is 9.73 Å². The molecule has 0 radical (unpaired) electrons. The van der Waals surface area contributed by atoms with Crippen LogP contribution in [0.5, 0.6) is 0 Å². The number of hydrogen-bond donors (Lipinski definition) is 3. The number of piperidine rings is 1. The third-order valence-corrected chi connectivity index (χ3v) is 7.91. The number of sulfonamides is 1. The standard InChI is InChI=1S/C22H30N4O4S/c1-15-5-6-17(12-16(15)2)13-23-22(27)18-4-3-11-26(14-18)31(28,29)21-8-7-20(30-21)19-9-10-24-25-19/h5-8,12,18-19,24-25H,3-4,9-11,13-14H2,1-2H3,(H,23,27). The molecule has 1 amide bonds. The van der Waals surface area contributed by atoms with Crippen LogP contribution in [0, 0.1) is 19.8 Å². The van der Waals surface area contributed by atoms with Gasteiger partial charge in [0.2, 0.25) is 11.0 Å². The van der Waals surface area contributed by atoms with Crippen molar-refractivity contribution in [3.63, 3.8) is 0 Å². The minimum Gasteiger partial charge on any atom is -0.447 e. The second kappa shape index (κ2) is 9.12. The van der Waals surface area contributed by atoms with Gasteiger partial charge in [-0.1, -0.05) is 18.2 Å². The molecule has 168 valence electrons. The predicted octanol–water partition coefficient (Wildman–Crippen LogP) is 2.15. The Morgan fingerprint density at radius 1 is 1.19 bits per heavy atom. The Hall–Kier alpha value is -2.20. The number of hydrazine groups is 1. The minimum absolute atomic E-state index is 0.0331. The summed E-state index contributed by atoms with van der Waals surface area (Å²) in [6.07, 6.45) is 2.15. The smallest absolute Gasteiger partial charge is 0.276 e. The highest BCUT2D eigenvalue weighted by Crippen LogP contribution is 2.28. The SMILES string of the molecule is Cc1ccc(CNC(=O)C2CCCN(S(=O)(=O)c3ccc(C4CCNN4)o3)C2)cc1C. The van der Waals surface area contributed by atoms with Crippen LogP contribution in [0.15, 0.2) is 39.8 Å². The molecule has 3 heterocycles. The summed E-state index contributed by atoms with van der Waals surface area (Å²) in [7, 11) is -3.78. The van der Waals surface area contributed by atoms with Crippen LogP contribution >= 0.6 is 0 Å². The van der Waals surface area contributed by atoms with E-state index in [0.717, 1.165) is 18.5 Å². The highest BCUT2D eigenvalue weighted by molar-refractivity contribution is 7.89. The largest absolute Gasteiger partial charge is 0.447 e. The summed E-state index contributed by atoms with van der Waals surface area (Å²) in [5, 5.41) is 2.91. The summed E-state index contributed by atoms with van der Waals surface area (Å²) in [6, 6.07) is 9.29. The first-order chi connectivity index (χ1) is 14.8. The molecule has 8 nitrogen and oxygen atoms in total. The predicted molar refractivity (Wildman–Crippen MR) is 116 cm³/mol. The Kier molecular flexibility index (Phi) is 6.47. The van der Waals surface area contributed by atoms with Crippen LogP contribution in [0.2, 0.25) is 0 Å². The average Bonchev–Trinajstić information content (AvgIpc) is 3.46. The molecule has 1 aromatic heterocycles. The fraction of sp³-hybridized carbons (Fsp3) is 0.500. The van der Waals surface area contributed by atoms with Gasteiger partial charge in [-0.05, 0) is 61.9 Å². The summed E-state index contributed by atoms with van der Waals surface area (Å²) in [4.78, 5) is 12.7. The monoisotopic (exact) mass is 446 g/mol. The molecule has 2 atom stereocenters. The Bertz CT molecular complexity index is 1040. The zero-order chi connectivity index (χ0) is 22.0. The maximum absolute atomic E-state index is 13.1. The van der Waals surface area contributed by atoms with Gasteiger partial charge in [0, 0.05) is 26.2 Å². The summed E-state index contributed by atoms with van der Waals surface area (Å²) >= 11 is 0. The maximum atomic E-state index is 13.1. The number of aryl methyl sites for hydroxylation is 2. The number of amides is 1. The number of hydrogen-bond acceptors (Lipinski definition) is 6. The molecule has 0 bridgehead atoms. The number of nitrogens with one attached hydrogen (secondary N) is 3. The third kappa shape index (κ3) is 4.85. The molecule has 0 spiro atoms. The number of benzene rings is 1. The maximum Gasteiger partial charge on any atom is 0.276 e. The van der Waals surface area contributed by atoms with Crippen molar-refractivity contribution < 1.29 is 17.6 Å². The number of carbonyl (C=O) groups excluding carboxylic acids is 1. The van der Waals surface area contributed by atoms with Crippen LogP contribution in [-0.4, -0.2) is 38.3 Å². The summed E-state index contributed by atoms with van der Waals surface area (Å²) in [5.74, 6) is 0.118. The molecule has 2 unspecified atom stereocenters. The van der Waals surface area contributed by atoms with E-state index in [9.17, 15) is 13.2 Å². The lowest BCUT2D eigenvalue weighted by atomic mass is 9.98. The fourth-order valence-electron chi connectivity index (χ4n) is 4.11. The molecule has 4 rings (SSSR count). The second-order valence-electron chi connectivity index (χ2n) is 8.41. The van der Waals surface area contributed by atoms with E-state index in [-0.39, 0.29) is 29.5 Å². The molecule has 9 heteroatoms. The molecule has 2 aliphatic heterocycles. The van der Waals surface area contributed by atoms with Crippen molar-refractivity contribution >= 4 is 15.9 Å². The normalized spacial score (nSPS) is 22.5. The van der Waals surface area contributed by atoms with Crippen LogP contribution in [0.3, 0.4) is 0 Å². The van der Waals surface area contributed by atoms with Gasteiger partial charge in [-0.25, -0.2) is 13.8 Å². The molecular weight excluding hydrogens is 416 g/mol. The topological polar surface area (TPSA) is 104 Å². The van der Waals surface area contributed by atoms with Crippen molar-refractivity contribution in [1.82, 2.24) is 20.5 Å². The van der Waals surface area contributed by atoms with Gasteiger partial charge >= 0.3 is 0 Å². The van der Waals surface area contributed by atoms with Gasteiger partial charge in [0.1, 0.15) is 5.76 Å². The van der Waals surface area contributed by atoms with Crippen molar-refractivity contribution in [2.45, 2.75) is 50.8 Å². The Morgan fingerprint density at radius 3 is 2.77 bits per heavy atom. The van der Waals surface area contributed by atoms with Crippen molar-refractivity contribution in [1.29, 1.82) is 0 Å². The van der Waals surface area contributed by atoms with Gasteiger partial charge in [-0.2, -0.15) is 4.31 Å². The van der Waals surface area contributed by atoms with Crippen molar-refractivity contribution in [3.05, 3.63) is 52.8 Å². The van der Waals surface area contributed by atoms with Crippen molar-refractivity contribution in [3.8, 4) is 0 Å². The molecule has 3 N–H and O–H groups in total. The molecule has 2 aromatic rings. The summed E-state index contributed by atoms with van der Waals surface area (Å²) in [6.45, 7) is 5.90.